The highest BCUT2D eigenvalue weighted by Gasteiger charge is 2.55. The van der Waals surface area contributed by atoms with Gasteiger partial charge in [0.2, 0.25) is 5.91 Å². The predicted molar refractivity (Wildman–Crippen MR) is 145 cm³/mol. The lowest BCUT2D eigenvalue weighted by Crippen LogP contribution is -2.39. The number of carbonyl (C=O) groups is 4. The monoisotopic (exact) mass is 535 g/mol. The fourth-order valence-electron chi connectivity index (χ4n) is 5.74. The Morgan fingerprint density at radius 3 is 2.54 bits per heavy atom. The van der Waals surface area contributed by atoms with Crippen LogP contribution in [0.25, 0.3) is 0 Å². The van der Waals surface area contributed by atoms with Crippen molar-refractivity contribution in [2.75, 3.05) is 0 Å². The molecule has 4 rings (SSSR count). The molecule has 8 heteroatoms. The molecule has 2 aliphatic heterocycles. The molecule has 0 radical (unpaired) electrons. The maximum Gasteiger partial charge on any atom is 0.333 e. The standard InChI is InChI=1S/C31H37NO7/c1-6-19-8-7-9-20(12-16(2)3)39-30(37)18(5)14-22-29(36)32-25-15-24(34)26-21(31(22,25)38)13-17(4)28(35)27(26)23(33)11-10-19/h7-8,13-16,19-20,22,35,38H,6,9-12H2,1-5H3,(H,32,36)/b8-7-,18-14-/t19-,20+,22+,31-/m0/s1. The second-order valence-electron chi connectivity index (χ2n) is 11.3. The van der Waals surface area contributed by atoms with Crippen LogP contribution in [0.5, 0.6) is 5.75 Å². The number of benzene rings is 1. The minimum Gasteiger partial charge on any atom is -0.507 e. The Hall–Kier alpha value is -3.52. The third-order valence-corrected chi connectivity index (χ3v) is 7.92. The summed E-state index contributed by atoms with van der Waals surface area (Å²) < 4.78 is 5.83. The molecule has 1 aliphatic carbocycles. The zero-order valence-electron chi connectivity index (χ0n) is 23.2. The highest BCUT2D eigenvalue weighted by atomic mass is 16.5. The van der Waals surface area contributed by atoms with E-state index in [1.165, 1.54) is 19.1 Å². The van der Waals surface area contributed by atoms with Gasteiger partial charge in [-0.2, -0.15) is 0 Å². The van der Waals surface area contributed by atoms with Crippen LogP contribution < -0.4 is 5.32 Å². The number of allylic oxidation sites excluding steroid dienone is 2. The van der Waals surface area contributed by atoms with Gasteiger partial charge in [-0.05, 0) is 56.6 Å². The topological polar surface area (TPSA) is 130 Å². The molecule has 0 aromatic heterocycles. The SMILES string of the molecule is CC[C@H]1/C=C\C[C@H](CC(C)C)OC(=O)/C(C)=C\[C@@H]2C(=O)NC3=CC(=O)c4c(cc(C)c(O)c4C(=O)CC1)[C@@]32O. The Morgan fingerprint density at radius 2 is 1.87 bits per heavy atom. The first-order valence-corrected chi connectivity index (χ1v) is 13.6. The number of cyclic esters (lactones) is 1. The van der Waals surface area contributed by atoms with E-state index in [0.717, 1.165) is 12.5 Å². The largest absolute Gasteiger partial charge is 0.507 e. The van der Waals surface area contributed by atoms with Gasteiger partial charge in [0, 0.05) is 35.6 Å². The molecule has 1 fully saturated rings. The fourth-order valence-corrected chi connectivity index (χ4v) is 5.74. The van der Waals surface area contributed by atoms with Crippen LogP contribution in [0.1, 0.15) is 91.6 Å². The number of phenols is 1. The molecule has 39 heavy (non-hydrogen) atoms. The van der Waals surface area contributed by atoms with Crippen LogP contribution in [0.15, 0.2) is 41.6 Å². The van der Waals surface area contributed by atoms with Crippen molar-refractivity contribution in [3.63, 3.8) is 0 Å². The summed E-state index contributed by atoms with van der Waals surface area (Å²) in [5, 5.41) is 25.6. The van der Waals surface area contributed by atoms with Crippen molar-refractivity contribution < 1.29 is 34.1 Å². The van der Waals surface area contributed by atoms with Crippen LogP contribution >= 0.6 is 0 Å². The number of amides is 1. The highest BCUT2D eigenvalue weighted by Crippen LogP contribution is 2.49. The van der Waals surface area contributed by atoms with Crippen molar-refractivity contribution in [3.8, 4) is 5.75 Å². The summed E-state index contributed by atoms with van der Waals surface area (Å²) in [6, 6.07) is 1.44. The average molecular weight is 536 g/mol. The number of ether oxygens (including phenoxy) is 1. The maximum atomic E-state index is 13.5. The molecule has 4 bridgehead atoms. The lowest BCUT2D eigenvalue weighted by Gasteiger charge is -2.34. The van der Waals surface area contributed by atoms with Crippen LogP contribution in [-0.4, -0.2) is 39.8 Å². The molecule has 3 N–H and O–H groups in total. The van der Waals surface area contributed by atoms with E-state index in [0.29, 0.717) is 24.8 Å². The Morgan fingerprint density at radius 1 is 1.15 bits per heavy atom. The molecule has 1 saturated heterocycles. The average Bonchev–Trinajstić information content (AvgIpc) is 3.10. The molecule has 208 valence electrons. The van der Waals surface area contributed by atoms with Gasteiger partial charge in [0.25, 0.3) is 0 Å². The number of aromatic hydroxyl groups is 1. The Balaban J connectivity index is 1.91. The third kappa shape index (κ3) is 5.22. The van der Waals surface area contributed by atoms with Gasteiger partial charge in [0.1, 0.15) is 17.5 Å². The summed E-state index contributed by atoms with van der Waals surface area (Å²) in [4.78, 5) is 53.0. The predicted octanol–water partition coefficient (Wildman–Crippen LogP) is 4.57. The minimum absolute atomic E-state index is 0.0262. The van der Waals surface area contributed by atoms with Crippen LogP contribution in [0.2, 0.25) is 0 Å². The lowest BCUT2D eigenvalue weighted by atomic mass is 9.72. The molecule has 2 heterocycles. The Bertz CT molecular complexity index is 1320. The van der Waals surface area contributed by atoms with E-state index in [1.807, 2.05) is 32.9 Å². The van der Waals surface area contributed by atoms with E-state index in [9.17, 15) is 29.4 Å². The van der Waals surface area contributed by atoms with Crippen molar-refractivity contribution in [2.45, 2.75) is 78.4 Å². The smallest absolute Gasteiger partial charge is 0.333 e. The Kier molecular flexibility index (Phi) is 7.98. The van der Waals surface area contributed by atoms with Gasteiger partial charge in [-0.3, -0.25) is 14.4 Å². The number of ketones is 2. The zero-order valence-corrected chi connectivity index (χ0v) is 23.2. The van der Waals surface area contributed by atoms with Gasteiger partial charge < -0.3 is 20.3 Å². The van der Waals surface area contributed by atoms with Crippen LogP contribution in [0.4, 0.5) is 0 Å². The van der Waals surface area contributed by atoms with Gasteiger partial charge in [0.15, 0.2) is 11.6 Å². The number of rotatable bonds is 3. The van der Waals surface area contributed by atoms with Crippen LogP contribution in [-0.2, 0) is 19.9 Å². The van der Waals surface area contributed by atoms with Crippen LogP contribution in [0, 0.1) is 24.7 Å². The van der Waals surface area contributed by atoms with Crippen molar-refractivity contribution in [1.82, 2.24) is 5.32 Å². The number of hydrogen-bond donors (Lipinski definition) is 3. The zero-order chi connectivity index (χ0) is 28.6. The quantitative estimate of drug-likeness (QED) is 0.382. The molecule has 3 aliphatic rings. The summed E-state index contributed by atoms with van der Waals surface area (Å²) in [5.41, 5.74) is -1.83. The molecular weight excluding hydrogens is 498 g/mol. The second kappa shape index (κ2) is 10.9. The van der Waals surface area contributed by atoms with Crippen molar-refractivity contribution >= 4 is 23.4 Å². The fraction of sp³-hybridized carbons (Fsp3) is 0.484. The van der Waals surface area contributed by atoms with E-state index in [-0.39, 0.29) is 58.1 Å². The van der Waals surface area contributed by atoms with E-state index < -0.39 is 35.0 Å². The van der Waals surface area contributed by atoms with E-state index in [4.69, 9.17) is 4.74 Å². The van der Waals surface area contributed by atoms with Gasteiger partial charge in [-0.1, -0.05) is 39.0 Å². The number of hydrogen-bond acceptors (Lipinski definition) is 7. The molecule has 4 atom stereocenters. The van der Waals surface area contributed by atoms with E-state index in [2.05, 4.69) is 5.32 Å². The molecule has 1 aromatic carbocycles. The third-order valence-electron chi connectivity index (χ3n) is 7.92. The Labute approximate surface area is 228 Å². The molecule has 1 amide bonds. The molecular formula is C31H37NO7. The van der Waals surface area contributed by atoms with Gasteiger partial charge in [0.05, 0.1) is 17.2 Å². The summed E-state index contributed by atoms with van der Waals surface area (Å²) in [6.07, 6.45) is 8.57. The van der Waals surface area contributed by atoms with Gasteiger partial charge >= 0.3 is 5.97 Å². The number of Topliss-reactive ketones (excluding diaryl/α,β-unsaturated/α-hetero) is 1. The van der Waals surface area contributed by atoms with Gasteiger partial charge in [-0.25, -0.2) is 4.79 Å². The number of nitrogens with one attached hydrogen (secondary N) is 1. The molecule has 0 saturated carbocycles. The summed E-state index contributed by atoms with van der Waals surface area (Å²) >= 11 is 0. The number of esters is 1. The number of aliphatic hydroxyl groups is 1. The molecule has 1 aromatic rings. The maximum absolute atomic E-state index is 13.5. The summed E-state index contributed by atoms with van der Waals surface area (Å²) in [6.45, 7) is 9.20. The van der Waals surface area contributed by atoms with E-state index in [1.54, 1.807) is 6.92 Å². The summed E-state index contributed by atoms with van der Waals surface area (Å²) in [7, 11) is 0. The normalized spacial score (nSPS) is 29.8. The van der Waals surface area contributed by atoms with Crippen molar-refractivity contribution in [3.05, 3.63) is 63.9 Å². The van der Waals surface area contributed by atoms with E-state index >= 15 is 0 Å². The van der Waals surface area contributed by atoms with Crippen LogP contribution in [0.3, 0.4) is 0 Å². The summed E-state index contributed by atoms with van der Waals surface area (Å²) in [5.74, 6) is -3.42. The number of carbonyl (C=O) groups excluding carboxylic acids is 4. The first kappa shape index (κ1) is 28.5. The minimum atomic E-state index is -2.03. The van der Waals surface area contributed by atoms with Gasteiger partial charge in [-0.15, -0.1) is 0 Å². The number of aryl methyl sites for hydroxylation is 1. The first-order valence-electron chi connectivity index (χ1n) is 13.6. The first-order chi connectivity index (χ1) is 18.4. The lowest BCUT2D eigenvalue weighted by molar-refractivity contribution is -0.144. The highest BCUT2D eigenvalue weighted by molar-refractivity contribution is 6.17. The number of phenolic OH excluding ortho intramolecular Hbond substituents is 1. The second-order valence-corrected chi connectivity index (χ2v) is 11.3. The van der Waals surface area contributed by atoms with Crippen molar-refractivity contribution in [2.24, 2.45) is 17.8 Å². The molecule has 0 unspecified atom stereocenters. The molecule has 8 nitrogen and oxygen atoms in total. The molecule has 0 spiro atoms. The van der Waals surface area contributed by atoms with Crippen molar-refractivity contribution in [1.29, 1.82) is 0 Å².